The van der Waals surface area contributed by atoms with Gasteiger partial charge in [-0.25, -0.2) is 0 Å². The number of aromatic hydroxyl groups is 1. The van der Waals surface area contributed by atoms with Gasteiger partial charge in [0, 0.05) is 24.7 Å². The minimum atomic E-state index is 0.385. The van der Waals surface area contributed by atoms with Gasteiger partial charge in [0.1, 0.15) is 5.75 Å². The quantitative estimate of drug-likeness (QED) is 0.799. The molecule has 3 nitrogen and oxygen atoms in total. The van der Waals surface area contributed by atoms with Crippen molar-refractivity contribution in [3.05, 3.63) is 29.8 Å². The smallest absolute Gasteiger partial charge is 0.120 e. The first-order chi connectivity index (χ1) is 7.27. The van der Waals surface area contributed by atoms with E-state index in [-0.39, 0.29) is 0 Å². The van der Waals surface area contributed by atoms with Crippen molar-refractivity contribution >= 4 is 0 Å². The number of para-hydroxylation sites is 1. The van der Waals surface area contributed by atoms with Crippen molar-refractivity contribution in [1.82, 2.24) is 4.90 Å². The maximum absolute atomic E-state index is 9.67. The number of hydrogen-bond donors (Lipinski definition) is 1. The van der Waals surface area contributed by atoms with Gasteiger partial charge in [0.2, 0.25) is 0 Å². The number of rotatable bonds is 2. The average Bonchev–Trinajstić information content (AvgIpc) is 2.24. The summed E-state index contributed by atoms with van der Waals surface area (Å²) in [5.74, 6) is 0.385. The van der Waals surface area contributed by atoms with Crippen molar-refractivity contribution in [1.29, 1.82) is 0 Å². The molecule has 1 aromatic rings. The fraction of sp³-hybridized carbons (Fsp3) is 0.500. The molecule has 1 aliphatic rings. The standard InChI is InChI=1S/C12H17NO2/c1-10-9-15-7-6-13(10)8-11-4-2-3-5-12(11)14/h2-5,10,14H,6-9H2,1H3. The Bertz CT molecular complexity index is 327. The largest absolute Gasteiger partial charge is 0.508 e. The average molecular weight is 207 g/mol. The molecule has 1 unspecified atom stereocenters. The molecule has 0 aliphatic carbocycles. The lowest BCUT2D eigenvalue weighted by molar-refractivity contribution is -0.00463. The number of phenols is 1. The maximum Gasteiger partial charge on any atom is 0.120 e. The minimum Gasteiger partial charge on any atom is -0.508 e. The summed E-state index contributed by atoms with van der Waals surface area (Å²) in [4.78, 5) is 2.33. The molecule has 0 spiro atoms. The van der Waals surface area contributed by atoms with Gasteiger partial charge in [-0.05, 0) is 13.0 Å². The monoisotopic (exact) mass is 207 g/mol. The summed E-state index contributed by atoms with van der Waals surface area (Å²) in [5.41, 5.74) is 0.992. The molecule has 1 fully saturated rings. The van der Waals surface area contributed by atoms with Gasteiger partial charge in [-0.15, -0.1) is 0 Å². The summed E-state index contributed by atoms with van der Waals surface area (Å²) < 4.78 is 5.38. The zero-order valence-electron chi connectivity index (χ0n) is 9.02. The second-order valence-electron chi connectivity index (χ2n) is 4.02. The molecular weight excluding hydrogens is 190 g/mol. The van der Waals surface area contributed by atoms with E-state index < -0.39 is 0 Å². The number of phenolic OH excluding ortho intramolecular Hbond substituents is 1. The van der Waals surface area contributed by atoms with E-state index in [4.69, 9.17) is 4.74 Å². The van der Waals surface area contributed by atoms with Gasteiger partial charge < -0.3 is 9.84 Å². The molecule has 1 atom stereocenters. The number of morpholine rings is 1. The molecule has 1 heterocycles. The third-order valence-corrected chi connectivity index (χ3v) is 2.87. The zero-order chi connectivity index (χ0) is 10.7. The first-order valence-electron chi connectivity index (χ1n) is 5.36. The fourth-order valence-corrected chi connectivity index (χ4v) is 1.86. The van der Waals surface area contributed by atoms with Crippen LogP contribution in [0.1, 0.15) is 12.5 Å². The van der Waals surface area contributed by atoms with Crippen LogP contribution in [0.4, 0.5) is 0 Å². The molecular formula is C12H17NO2. The van der Waals surface area contributed by atoms with Gasteiger partial charge in [-0.3, -0.25) is 4.90 Å². The Balaban J connectivity index is 2.04. The number of hydrogen-bond acceptors (Lipinski definition) is 3. The molecule has 0 amide bonds. The summed E-state index contributed by atoms with van der Waals surface area (Å²) in [6.07, 6.45) is 0. The molecule has 15 heavy (non-hydrogen) atoms. The molecule has 3 heteroatoms. The molecule has 0 radical (unpaired) electrons. The molecule has 1 aliphatic heterocycles. The van der Waals surface area contributed by atoms with Crippen LogP contribution in [-0.2, 0) is 11.3 Å². The summed E-state index contributed by atoms with van der Waals surface area (Å²) in [6.45, 7) is 5.47. The van der Waals surface area contributed by atoms with Crippen LogP contribution in [0.5, 0.6) is 5.75 Å². The van der Waals surface area contributed by atoms with Crippen LogP contribution in [0.3, 0.4) is 0 Å². The van der Waals surface area contributed by atoms with Gasteiger partial charge in [-0.1, -0.05) is 18.2 Å². The Labute approximate surface area is 90.3 Å². The lowest BCUT2D eigenvalue weighted by Gasteiger charge is -2.33. The summed E-state index contributed by atoms with van der Waals surface area (Å²) in [6, 6.07) is 7.94. The van der Waals surface area contributed by atoms with Gasteiger partial charge in [0.05, 0.1) is 13.2 Å². The lowest BCUT2D eigenvalue weighted by atomic mass is 10.1. The highest BCUT2D eigenvalue weighted by Crippen LogP contribution is 2.19. The van der Waals surface area contributed by atoms with Crippen LogP contribution in [0.15, 0.2) is 24.3 Å². The van der Waals surface area contributed by atoms with Gasteiger partial charge in [0.15, 0.2) is 0 Å². The summed E-state index contributed by atoms with van der Waals surface area (Å²) in [7, 11) is 0. The van der Waals surface area contributed by atoms with E-state index in [1.54, 1.807) is 6.07 Å². The van der Waals surface area contributed by atoms with E-state index in [9.17, 15) is 5.11 Å². The van der Waals surface area contributed by atoms with Crippen LogP contribution >= 0.6 is 0 Å². The zero-order valence-corrected chi connectivity index (χ0v) is 9.02. The van der Waals surface area contributed by atoms with E-state index >= 15 is 0 Å². The van der Waals surface area contributed by atoms with E-state index in [2.05, 4.69) is 11.8 Å². The Morgan fingerprint density at radius 3 is 3.00 bits per heavy atom. The molecule has 0 saturated carbocycles. The molecule has 0 bridgehead atoms. The Morgan fingerprint density at radius 1 is 1.47 bits per heavy atom. The highest BCUT2D eigenvalue weighted by atomic mass is 16.5. The molecule has 0 aromatic heterocycles. The highest BCUT2D eigenvalue weighted by Gasteiger charge is 2.19. The second-order valence-corrected chi connectivity index (χ2v) is 4.02. The molecule has 82 valence electrons. The summed E-state index contributed by atoms with van der Waals surface area (Å²) >= 11 is 0. The van der Waals surface area contributed by atoms with Crippen LogP contribution < -0.4 is 0 Å². The van der Waals surface area contributed by atoms with Crippen molar-refractivity contribution in [2.45, 2.75) is 19.5 Å². The predicted molar refractivity (Wildman–Crippen MR) is 58.8 cm³/mol. The number of nitrogens with zero attached hydrogens (tertiary/aromatic N) is 1. The van der Waals surface area contributed by atoms with Crippen molar-refractivity contribution in [3.63, 3.8) is 0 Å². The number of benzene rings is 1. The third-order valence-electron chi connectivity index (χ3n) is 2.87. The first kappa shape index (κ1) is 10.5. The topological polar surface area (TPSA) is 32.7 Å². The van der Waals surface area contributed by atoms with Crippen LogP contribution in [0, 0.1) is 0 Å². The lowest BCUT2D eigenvalue weighted by Crippen LogP contribution is -2.42. The van der Waals surface area contributed by atoms with E-state index in [0.717, 1.165) is 31.9 Å². The second kappa shape index (κ2) is 4.64. The van der Waals surface area contributed by atoms with Crippen LogP contribution in [-0.4, -0.2) is 35.8 Å². The van der Waals surface area contributed by atoms with Crippen LogP contribution in [0.25, 0.3) is 0 Å². The first-order valence-corrected chi connectivity index (χ1v) is 5.36. The van der Waals surface area contributed by atoms with Crippen molar-refractivity contribution in [3.8, 4) is 5.75 Å². The van der Waals surface area contributed by atoms with Gasteiger partial charge in [0.25, 0.3) is 0 Å². The Morgan fingerprint density at radius 2 is 2.27 bits per heavy atom. The highest BCUT2D eigenvalue weighted by molar-refractivity contribution is 5.31. The van der Waals surface area contributed by atoms with E-state index in [0.29, 0.717) is 11.8 Å². The normalized spacial score (nSPS) is 22.9. The van der Waals surface area contributed by atoms with E-state index in [1.165, 1.54) is 0 Å². The van der Waals surface area contributed by atoms with Crippen molar-refractivity contribution < 1.29 is 9.84 Å². The SMILES string of the molecule is CC1COCCN1Cc1ccccc1O. The van der Waals surface area contributed by atoms with Crippen LogP contribution in [0.2, 0.25) is 0 Å². The predicted octanol–water partition coefficient (Wildman–Crippen LogP) is 1.61. The van der Waals surface area contributed by atoms with E-state index in [1.807, 2.05) is 18.2 Å². The number of ether oxygens (including phenoxy) is 1. The third kappa shape index (κ3) is 2.49. The Hall–Kier alpha value is -1.06. The molecule has 1 N–H and O–H groups in total. The molecule has 1 saturated heterocycles. The maximum atomic E-state index is 9.67. The van der Waals surface area contributed by atoms with Crippen molar-refractivity contribution in [2.24, 2.45) is 0 Å². The van der Waals surface area contributed by atoms with Crippen molar-refractivity contribution in [2.75, 3.05) is 19.8 Å². The van der Waals surface area contributed by atoms with Gasteiger partial charge in [-0.2, -0.15) is 0 Å². The fourth-order valence-electron chi connectivity index (χ4n) is 1.86. The minimum absolute atomic E-state index is 0.385. The van der Waals surface area contributed by atoms with Gasteiger partial charge >= 0.3 is 0 Å². The Kier molecular flexibility index (Phi) is 3.23. The summed E-state index contributed by atoms with van der Waals surface area (Å²) in [5, 5.41) is 9.67. The molecule has 1 aromatic carbocycles. The molecule has 2 rings (SSSR count).